The predicted octanol–water partition coefficient (Wildman–Crippen LogP) is 0.828. The van der Waals surface area contributed by atoms with Crippen LogP contribution in [0.2, 0.25) is 0 Å². The molecule has 3 amide bonds. The average Bonchev–Trinajstić information content (AvgIpc) is 2.69. The number of amidine groups is 1. The van der Waals surface area contributed by atoms with Crippen molar-refractivity contribution < 1.29 is 19.1 Å². The Labute approximate surface area is 161 Å². The number of nitrogens with two attached hydrogens (primary N) is 1. The number of nitrogens with one attached hydrogen (secondary N) is 2. The van der Waals surface area contributed by atoms with Gasteiger partial charge >= 0.3 is 0 Å². The molecule has 0 bridgehead atoms. The Balaban J connectivity index is 1.73. The summed E-state index contributed by atoms with van der Waals surface area (Å²) in [6, 6.07) is 14.7. The van der Waals surface area contributed by atoms with Gasteiger partial charge in [-0.15, -0.1) is 0 Å². The van der Waals surface area contributed by atoms with Crippen LogP contribution in [0, 0.1) is 0 Å². The molecule has 4 N–H and O–H groups in total. The van der Waals surface area contributed by atoms with Crippen molar-refractivity contribution in [2.45, 2.75) is 13.0 Å². The molecule has 0 fully saturated rings. The molecule has 1 aliphatic heterocycles. The van der Waals surface area contributed by atoms with E-state index < -0.39 is 17.9 Å². The minimum absolute atomic E-state index is 0.000546. The lowest BCUT2D eigenvalue weighted by molar-refractivity contribution is -0.121. The van der Waals surface area contributed by atoms with Gasteiger partial charge in [0, 0.05) is 11.8 Å². The molecule has 3 rings (SSSR count). The largest absolute Gasteiger partial charge is 0.484 e. The Morgan fingerprint density at radius 1 is 1.21 bits per heavy atom. The first-order chi connectivity index (χ1) is 13.4. The molecule has 1 heterocycles. The van der Waals surface area contributed by atoms with Crippen molar-refractivity contribution in [3.63, 3.8) is 0 Å². The second-order valence-electron chi connectivity index (χ2n) is 6.01. The van der Waals surface area contributed by atoms with Crippen LogP contribution in [0.4, 0.5) is 11.4 Å². The normalized spacial score (nSPS) is 16.0. The second kappa shape index (κ2) is 8.21. The molecule has 0 saturated carbocycles. The van der Waals surface area contributed by atoms with Gasteiger partial charge in [0.05, 0.1) is 5.69 Å². The highest BCUT2D eigenvalue weighted by atomic mass is 16.5. The average molecular weight is 381 g/mol. The molecule has 1 atom stereocenters. The van der Waals surface area contributed by atoms with E-state index in [-0.39, 0.29) is 18.3 Å². The second-order valence-corrected chi connectivity index (χ2v) is 6.01. The van der Waals surface area contributed by atoms with Gasteiger partial charge in [-0.3, -0.25) is 19.8 Å². The smallest absolute Gasteiger partial charge is 0.292 e. The number of anilines is 2. The van der Waals surface area contributed by atoms with Crippen molar-refractivity contribution in [3.8, 4) is 5.75 Å². The van der Waals surface area contributed by atoms with Crippen molar-refractivity contribution in [1.82, 2.24) is 5.43 Å². The quantitative estimate of drug-likeness (QED) is 0.683. The summed E-state index contributed by atoms with van der Waals surface area (Å²) in [4.78, 5) is 40.0. The minimum atomic E-state index is -0.715. The summed E-state index contributed by atoms with van der Waals surface area (Å²) in [5.74, 6) is -1.02. The SMILES string of the molecule is C[C@@H]1N=C(C(=O)Nc2cccc(OCC(N)=O)c2)NN(c2ccccc2)C1=O. The predicted molar refractivity (Wildman–Crippen MR) is 104 cm³/mol. The van der Waals surface area contributed by atoms with Crippen molar-refractivity contribution in [3.05, 3.63) is 54.6 Å². The van der Waals surface area contributed by atoms with E-state index in [1.54, 1.807) is 55.5 Å². The summed E-state index contributed by atoms with van der Waals surface area (Å²) >= 11 is 0. The number of hydrogen-bond donors (Lipinski definition) is 3. The third-order valence-corrected chi connectivity index (χ3v) is 3.82. The number of rotatable bonds is 6. The number of hydrazine groups is 1. The lowest BCUT2D eigenvalue weighted by Gasteiger charge is -2.30. The number of carbonyl (C=O) groups is 3. The Kier molecular flexibility index (Phi) is 5.54. The fourth-order valence-corrected chi connectivity index (χ4v) is 2.51. The molecule has 0 aliphatic carbocycles. The van der Waals surface area contributed by atoms with Crippen LogP contribution >= 0.6 is 0 Å². The summed E-state index contributed by atoms with van der Waals surface area (Å²) in [5, 5.41) is 3.97. The molecule has 9 heteroatoms. The summed E-state index contributed by atoms with van der Waals surface area (Å²) in [6.07, 6.45) is 0. The first-order valence-electron chi connectivity index (χ1n) is 8.50. The van der Waals surface area contributed by atoms with Gasteiger partial charge in [0.1, 0.15) is 11.8 Å². The highest BCUT2D eigenvalue weighted by Gasteiger charge is 2.30. The Hall–Kier alpha value is -3.88. The van der Waals surface area contributed by atoms with Crippen molar-refractivity contribution >= 4 is 34.9 Å². The highest BCUT2D eigenvalue weighted by Crippen LogP contribution is 2.19. The molecule has 0 unspecified atom stereocenters. The molecule has 2 aromatic carbocycles. The number of carbonyl (C=O) groups excluding carboxylic acids is 3. The summed E-state index contributed by atoms with van der Waals surface area (Å²) in [5.41, 5.74) is 8.84. The first kappa shape index (κ1) is 18.9. The van der Waals surface area contributed by atoms with Gasteiger partial charge in [-0.1, -0.05) is 24.3 Å². The van der Waals surface area contributed by atoms with Crippen LogP contribution in [0.1, 0.15) is 6.92 Å². The number of benzene rings is 2. The molecule has 0 aromatic heterocycles. The molecular weight excluding hydrogens is 362 g/mol. The van der Waals surface area contributed by atoms with Crippen molar-refractivity contribution in [1.29, 1.82) is 0 Å². The van der Waals surface area contributed by atoms with E-state index in [0.29, 0.717) is 17.1 Å². The van der Waals surface area contributed by atoms with Gasteiger partial charge in [-0.05, 0) is 31.2 Å². The van der Waals surface area contributed by atoms with Crippen LogP contribution in [0.15, 0.2) is 59.6 Å². The molecule has 0 radical (unpaired) electrons. The number of hydrogen-bond acceptors (Lipinski definition) is 6. The molecule has 0 spiro atoms. The topological polar surface area (TPSA) is 126 Å². The standard InChI is InChI=1S/C19H19N5O4/c1-12-19(27)24(14-7-3-2-4-8-14)23-17(21-12)18(26)22-13-6-5-9-15(10-13)28-11-16(20)25/h2-10,12H,11H2,1H3,(H2,20,25)(H,21,23)(H,22,26)/t12-/m0/s1. The van der Waals surface area contributed by atoms with Gasteiger partial charge < -0.3 is 15.8 Å². The van der Waals surface area contributed by atoms with Crippen molar-refractivity contribution in [2.24, 2.45) is 10.7 Å². The van der Waals surface area contributed by atoms with Crippen LogP contribution < -0.4 is 26.2 Å². The van der Waals surface area contributed by atoms with Gasteiger partial charge in [0.15, 0.2) is 6.61 Å². The van der Waals surface area contributed by atoms with E-state index in [1.807, 2.05) is 6.07 Å². The van der Waals surface area contributed by atoms with Crippen LogP contribution in [0.25, 0.3) is 0 Å². The van der Waals surface area contributed by atoms with E-state index in [1.165, 1.54) is 5.01 Å². The molecular formula is C19H19N5O4. The molecule has 0 saturated heterocycles. The number of para-hydroxylation sites is 1. The Bertz CT molecular complexity index is 929. The van der Waals surface area contributed by atoms with E-state index in [0.717, 1.165) is 0 Å². The maximum atomic E-state index is 12.6. The third kappa shape index (κ3) is 4.44. The van der Waals surface area contributed by atoms with Crippen LogP contribution in [0.5, 0.6) is 5.75 Å². The van der Waals surface area contributed by atoms with Gasteiger partial charge in [0.2, 0.25) is 5.84 Å². The van der Waals surface area contributed by atoms with Gasteiger partial charge in [-0.2, -0.15) is 0 Å². The number of aliphatic imine (C=N–C) groups is 1. The lowest BCUT2D eigenvalue weighted by Crippen LogP contribution is -2.57. The summed E-state index contributed by atoms with van der Waals surface area (Å²) in [7, 11) is 0. The Morgan fingerprint density at radius 3 is 2.68 bits per heavy atom. The number of amides is 3. The maximum absolute atomic E-state index is 12.6. The van der Waals surface area contributed by atoms with E-state index in [4.69, 9.17) is 10.5 Å². The number of ether oxygens (including phenoxy) is 1. The minimum Gasteiger partial charge on any atom is -0.484 e. The fraction of sp³-hybridized carbons (Fsp3) is 0.158. The number of nitrogens with zero attached hydrogens (tertiary/aromatic N) is 2. The Morgan fingerprint density at radius 2 is 1.96 bits per heavy atom. The van der Waals surface area contributed by atoms with Crippen LogP contribution in [0.3, 0.4) is 0 Å². The molecule has 9 nitrogen and oxygen atoms in total. The van der Waals surface area contributed by atoms with Crippen LogP contribution in [-0.4, -0.2) is 36.2 Å². The van der Waals surface area contributed by atoms with Crippen molar-refractivity contribution in [2.75, 3.05) is 16.9 Å². The maximum Gasteiger partial charge on any atom is 0.292 e. The molecule has 1 aliphatic rings. The lowest BCUT2D eigenvalue weighted by atomic mass is 10.2. The fourth-order valence-electron chi connectivity index (χ4n) is 2.51. The van der Waals surface area contributed by atoms with Gasteiger partial charge in [0.25, 0.3) is 17.7 Å². The summed E-state index contributed by atoms with van der Waals surface area (Å²) < 4.78 is 5.22. The zero-order valence-corrected chi connectivity index (χ0v) is 15.1. The molecule has 144 valence electrons. The number of primary amides is 1. The summed E-state index contributed by atoms with van der Waals surface area (Å²) in [6.45, 7) is 1.35. The van der Waals surface area contributed by atoms with E-state index in [9.17, 15) is 14.4 Å². The highest BCUT2D eigenvalue weighted by molar-refractivity contribution is 6.43. The monoisotopic (exact) mass is 381 g/mol. The van der Waals surface area contributed by atoms with Crippen LogP contribution in [-0.2, 0) is 14.4 Å². The van der Waals surface area contributed by atoms with E-state index >= 15 is 0 Å². The zero-order valence-electron chi connectivity index (χ0n) is 15.1. The zero-order chi connectivity index (χ0) is 20.1. The first-order valence-corrected chi connectivity index (χ1v) is 8.50. The molecule has 2 aromatic rings. The van der Waals surface area contributed by atoms with Gasteiger partial charge in [-0.25, -0.2) is 10.0 Å². The van der Waals surface area contributed by atoms with E-state index in [2.05, 4.69) is 15.7 Å². The third-order valence-electron chi connectivity index (χ3n) is 3.82. The molecule has 28 heavy (non-hydrogen) atoms.